The molecule has 0 saturated heterocycles. The fraction of sp³-hybridized carbons (Fsp3) is 0.652. The lowest BCUT2D eigenvalue weighted by molar-refractivity contribution is -0.0194. The molecule has 3 rings (SSSR count). The maximum atomic E-state index is 11.8. The number of aromatic hydroxyl groups is 2. The second kappa shape index (κ2) is 7.76. The van der Waals surface area contributed by atoms with E-state index in [2.05, 4.69) is 27.7 Å². The molecule has 1 heterocycles. The summed E-state index contributed by atoms with van der Waals surface area (Å²) in [6, 6.07) is 0. The second-order valence-electron chi connectivity index (χ2n) is 9.40. The Bertz CT molecular complexity index is 757. The van der Waals surface area contributed by atoms with Gasteiger partial charge in [-0.15, -0.1) is 0 Å². The Kier molecular flexibility index (Phi) is 5.74. The molecule has 5 heteroatoms. The van der Waals surface area contributed by atoms with Crippen molar-refractivity contribution in [2.24, 2.45) is 17.8 Å². The molecule has 1 atom stereocenters. The molecule has 1 aliphatic carbocycles. The van der Waals surface area contributed by atoms with E-state index in [0.717, 1.165) is 38.5 Å². The number of carbonyl (C=O) groups excluding carboxylic acids is 2. The van der Waals surface area contributed by atoms with E-state index in [1.807, 2.05) is 0 Å². The molecule has 1 aromatic carbocycles. The fourth-order valence-electron chi connectivity index (χ4n) is 5.19. The average Bonchev–Trinajstić information content (AvgIpc) is 2.62. The quantitative estimate of drug-likeness (QED) is 0.676. The number of fused-ring (bicyclic) bond motifs is 1. The van der Waals surface area contributed by atoms with Crippen molar-refractivity contribution in [3.63, 3.8) is 0 Å². The first-order valence-corrected chi connectivity index (χ1v) is 10.4. The average molecular weight is 389 g/mol. The summed E-state index contributed by atoms with van der Waals surface area (Å²) in [6.07, 6.45) is 6.47. The van der Waals surface area contributed by atoms with Gasteiger partial charge >= 0.3 is 0 Å². The van der Waals surface area contributed by atoms with Crippen LogP contribution in [0.5, 0.6) is 17.2 Å². The van der Waals surface area contributed by atoms with Crippen LogP contribution in [-0.2, 0) is 0 Å². The molecule has 0 bridgehead atoms. The van der Waals surface area contributed by atoms with E-state index in [1.54, 1.807) is 0 Å². The smallest absolute Gasteiger partial charge is 0.157 e. The van der Waals surface area contributed by atoms with Gasteiger partial charge in [-0.1, -0.05) is 27.7 Å². The zero-order valence-corrected chi connectivity index (χ0v) is 17.3. The van der Waals surface area contributed by atoms with Gasteiger partial charge in [0, 0.05) is 5.56 Å². The van der Waals surface area contributed by atoms with E-state index in [4.69, 9.17) is 4.74 Å². The lowest BCUT2D eigenvalue weighted by atomic mass is 9.68. The molecule has 0 unspecified atom stereocenters. The zero-order valence-electron chi connectivity index (χ0n) is 17.3. The number of benzene rings is 1. The van der Waals surface area contributed by atoms with Crippen molar-refractivity contribution in [3.05, 3.63) is 16.7 Å². The number of carbonyl (C=O) groups is 2. The Labute approximate surface area is 167 Å². The first-order chi connectivity index (χ1) is 13.2. The molecule has 1 spiro atoms. The van der Waals surface area contributed by atoms with Gasteiger partial charge in [0.25, 0.3) is 0 Å². The van der Waals surface area contributed by atoms with Gasteiger partial charge in [-0.2, -0.15) is 0 Å². The largest absolute Gasteiger partial charge is 0.507 e. The minimum Gasteiger partial charge on any atom is -0.507 e. The molecule has 1 aliphatic heterocycles. The van der Waals surface area contributed by atoms with E-state index in [0.29, 0.717) is 35.9 Å². The molecular weight excluding hydrogens is 356 g/mol. The molecule has 5 nitrogen and oxygen atoms in total. The van der Waals surface area contributed by atoms with E-state index in [-0.39, 0.29) is 34.1 Å². The van der Waals surface area contributed by atoms with Crippen LogP contribution in [-0.4, -0.2) is 28.4 Å². The van der Waals surface area contributed by atoms with Crippen LogP contribution >= 0.6 is 0 Å². The first kappa shape index (κ1) is 20.7. The first-order valence-electron chi connectivity index (χ1n) is 10.4. The standard InChI is InChI=1S/C23H32O5/c1-13(2)9-16-10-23(7-5-15(6-8-23)14(3)4)28-22-18(12-25)20(26)17(11-24)21(27)19(16)22/h11-16,26-27H,5-10H2,1-4H3/t15-,16-,23-/m1/s1. The van der Waals surface area contributed by atoms with Crippen LogP contribution in [0.15, 0.2) is 0 Å². The minimum atomic E-state index is -0.488. The van der Waals surface area contributed by atoms with Crippen molar-refractivity contribution in [1.82, 2.24) is 0 Å². The third-order valence-electron chi connectivity index (χ3n) is 6.73. The molecular formula is C23H32O5. The predicted molar refractivity (Wildman–Crippen MR) is 108 cm³/mol. The number of ether oxygens (including phenoxy) is 1. The van der Waals surface area contributed by atoms with Crippen molar-refractivity contribution < 1.29 is 24.5 Å². The molecule has 0 aromatic heterocycles. The molecule has 1 aromatic rings. The van der Waals surface area contributed by atoms with Gasteiger partial charge in [-0.3, -0.25) is 9.59 Å². The zero-order chi connectivity index (χ0) is 20.6. The highest BCUT2D eigenvalue weighted by Gasteiger charge is 2.46. The van der Waals surface area contributed by atoms with Crippen LogP contribution in [0.1, 0.15) is 98.4 Å². The minimum absolute atomic E-state index is 0.0163. The van der Waals surface area contributed by atoms with Crippen molar-refractivity contribution in [2.75, 3.05) is 0 Å². The summed E-state index contributed by atoms with van der Waals surface area (Å²) in [4.78, 5) is 23.2. The molecule has 2 aliphatic rings. The number of phenols is 2. The summed E-state index contributed by atoms with van der Waals surface area (Å²) in [5, 5.41) is 21.1. The highest BCUT2D eigenvalue weighted by Crippen LogP contribution is 2.56. The van der Waals surface area contributed by atoms with Gasteiger partial charge in [0.15, 0.2) is 12.6 Å². The highest BCUT2D eigenvalue weighted by molar-refractivity contribution is 5.95. The summed E-state index contributed by atoms with van der Waals surface area (Å²) >= 11 is 0. The number of aldehydes is 2. The predicted octanol–water partition coefficient (Wildman–Crippen LogP) is 5.22. The fourth-order valence-corrected chi connectivity index (χ4v) is 5.19. The van der Waals surface area contributed by atoms with Crippen LogP contribution in [0.2, 0.25) is 0 Å². The lowest BCUT2D eigenvalue weighted by Gasteiger charge is -2.47. The topological polar surface area (TPSA) is 83.8 Å². The Morgan fingerprint density at radius 2 is 1.64 bits per heavy atom. The van der Waals surface area contributed by atoms with Gasteiger partial charge in [-0.25, -0.2) is 0 Å². The van der Waals surface area contributed by atoms with Gasteiger partial charge in [0.1, 0.15) is 22.8 Å². The van der Waals surface area contributed by atoms with E-state index < -0.39 is 5.75 Å². The van der Waals surface area contributed by atoms with Crippen LogP contribution in [0.3, 0.4) is 0 Å². The highest BCUT2D eigenvalue weighted by atomic mass is 16.5. The maximum absolute atomic E-state index is 11.8. The Balaban J connectivity index is 2.10. The van der Waals surface area contributed by atoms with Crippen LogP contribution in [0, 0.1) is 17.8 Å². The summed E-state index contributed by atoms with van der Waals surface area (Å²) in [5.41, 5.74) is -0.115. The number of hydrogen-bond acceptors (Lipinski definition) is 5. The monoisotopic (exact) mass is 388 g/mol. The Morgan fingerprint density at radius 1 is 1.04 bits per heavy atom. The van der Waals surface area contributed by atoms with Crippen molar-refractivity contribution in [1.29, 1.82) is 0 Å². The third-order valence-corrected chi connectivity index (χ3v) is 6.73. The third kappa shape index (κ3) is 3.51. The molecule has 1 saturated carbocycles. The SMILES string of the molecule is CC(C)C[C@@H]1C[C@]2(CC[C@@H](C(C)C)CC2)Oc2c(C=O)c(O)c(C=O)c(O)c21. The van der Waals surface area contributed by atoms with Gasteiger partial charge < -0.3 is 14.9 Å². The summed E-state index contributed by atoms with van der Waals surface area (Å²) in [6.45, 7) is 8.75. The summed E-state index contributed by atoms with van der Waals surface area (Å²) < 4.78 is 6.42. The Morgan fingerprint density at radius 3 is 2.14 bits per heavy atom. The molecule has 28 heavy (non-hydrogen) atoms. The normalized spacial score (nSPS) is 26.9. The van der Waals surface area contributed by atoms with Crippen LogP contribution < -0.4 is 4.74 Å². The van der Waals surface area contributed by atoms with Crippen molar-refractivity contribution in [3.8, 4) is 17.2 Å². The van der Waals surface area contributed by atoms with E-state index in [9.17, 15) is 19.8 Å². The van der Waals surface area contributed by atoms with Gasteiger partial charge in [0.2, 0.25) is 0 Å². The van der Waals surface area contributed by atoms with Gasteiger partial charge in [0.05, 0.1) is 11.1 Å². The lowest BCUT2D eigenvalue weighted by Crippen LogP contribution is -2.45. The molecule has 2 N–H and O–H groups in total. The number of phenolic OH excluding ortho intramolecular Hbond substituents is 2. The Hall–Kier alpha value is -2.04. The number of hydrogen-bond donors (Lipinski definition) is 2. The molecule has 0 amide bonds. The second-order valence-corrected chi connectivity index (χ2v) is 9.40. The summed E-state index contributed by atoms with van der Waals surface area (Å²) in [5.74, 6) is 1.21. The van der Waals surface area contributed by atoms with Crippen molar-refractivity contribution >= 4 is 12.6 Å². The molecule has 0 radical (unpaired) electrons. The van der Waals surface area contributed by atoms with Crippen molar-refractivity contribution in [2.45, 2.75) is 77.7 Å². The van der Waals surface area contributed by atoms with E-state index >= 15 is 0 Å². The van der Waals surface area contributed by atoms with Crippen LogP contribution in [0.4, 0.5) is 0 Å². The number of rotatable bonds is 5. The van der Waals surface area contributed by atoms with Crippen LogP contribution in [0.25, 0.3) is 0 Å². The molecule has 154 valence electrons. The maximum Gasteiger partial charge on any atom is 0.157 e. The van der Waals surface area contributed by atoms with Gasteiger partial charge in [-0.05, 0) is 62.2 Å². The van der Waals surface area contributed by atoms with E-state index in [1.165, 1.54) is 0 Å². The molecule has 1 fully saturated rings. The summed E-state index contributed by atoms with van der Waals surface area (Å²) in [7, 11) is 0.